The Balaban J connectivity index is 1.57. The normalized spacial score (nSPS) is 26.9. The lowest BCUT2D eigenvalue weighted by atomic mass is 9.81. The zero-order valence-electron chi connectivity index (χ0n) is 13.3. The lowest BCUT2D eigenvalue weighted by Gasteiger charge is -2.25. The topological polar surface area (TPSA) is 99.8 Å². The molecule has 0 bridgehead atoms. The van der Waals surface area contributed by atoms with Gasteiger partial charge in [-0.1, -0.05) is 12.1 Å². The molecule has 3 heterocycles. The number of aliphatic carboxylic acids is 1. The Kier molecular flexibility index (Phi) is 3.31. The van der Waals surface area contributed by atoms with Crippen molar-refractivity contribution >= 4 is 22.9 Å². The van der Waals surface area contributed by atoms with E-state index in [1.807, 2.05) is 18.2 Å². The number of hydrogen-bond donors (Lipinski definition) is 1. The molecule has 1 N–H and O–H groups in total. The van der Waals surface area contributed by atoms with Crippen LogP contribution in [0, 0.1) is 11.3 Å². The molecule has 1 aromatic carbocycles. The van der Waals surface area contributed by atoms with Crippen molar-refractivity contribution in [1.29, 1.82) is 0 Å². The molecule has 1 aromatic heterocycles. The maximum Gasteiger partial charge on any atom is 0.313 e. The predicted octanol–water partition coefficient (Wildman–Crippen LogP) is 0.588. The van der Waals surface area contributed by atoms with Crippen LogP contribution >= 0.6 is 0 Å². The first kappa shape index (κ1) is 15.1. The molecule has 1 amide bonds. The van der Waals surface area contributed by atoms with Crippen LogP contribution in [0.15, 0.2) is 22.8 Å². The van der Waals surface area contributed by atoms with Crippen molar-refractivity contribution in [1.82, 2.24) is 20.1 Å². The van der Waals surface area contributed by atoms with Gasteiger partial charge in [-0.2, -0.15) is 0 Å². The number of fused-ring (bicyclic) bond motifs is 2. The molecule has 2 aliphatic heterocycles. The number of benzene rings is 1. The third-order valence-corrected chi connectivity index (χ3v) is 5.31. The second-order valence-electron chi connectivity index (χ2n) is 6.78. The minimum atomic E-state index is -0.873. The van der Waals surface area contributed by atoms with Gasteiger partial charge in [0.15, 0.2) is 0 Å². The number of hydrogen-bond acceptors (Lipinski definition) is 6. The third-order valence-electron chi connectivity index (χ3n) is 5.31. The van der Waals surface area contributed by atoms with Gasteiger partial charge in [-0.05, 0) is 21.9 Å². The Morgan fingerprint density at radius 2 is 2.17 bits per heavy atom. The van der Waals surface area contributed by atoms with E-state index in [9.17, 15) is 14.7 Å². The highest BCUT2D eigenvalue weighted by molar-refractivity contribution is 5.81. The lowest BCUT2D eigenvalue weighted by Crippen LogP contribution is -2.41. The van der Waals surface area contributed by atoms with Crippen molar-refractivity contribution in [3.05, 3.63) is 23.8 Å². The van der Waals surface area contributed by atoms with Crippen LogP contribution in [0.3, 0.4) is 0 Å². The number of nitrogens with zero attached hydrogens (tertiary/aromatic N) is 4. The number of amides is 1. The predicted molar refractivity (Wildman–Crippen MR) is 82.9 cm³/mol. The number of carbonyl (C=O) groups excluding carboxylic acids is 1. The Morgan fingerprint density at radius 3 is 2.88 bits per heavy atom. The Bertz CT molecular complexity index is 819. The van der Waals surface area contributed by atoms with Crippen LogP contribution in [0.25, 0.3) is 11.0 Å². The van der Waals surface area contributed by atoms with E-state index in [1.165, 1.54) is 6.92 Å². The molecule has 0 radical (unpaired) electrons. The smallest absolute Gasteiger partial charge is 0.313 e. The number of aromatic nitrogens is 2. The molecule has 8 heteroatoms. The molecule has 126 valence electrons. The fourth-order valence-electron chi connectivity index (χ4n) is 4.06. The molecule has 2 fully saturated rings. The van der Waals surface area contributed by atoms with Gasteiger partial charge in [0, 0.05) is 45.6 Å². The standard InChI is InChI=1S/C16H18N4O4/c1-10(21)20-7-12-6-19(8-16(12,9-20)15(22)23)5-11-3-2-4-13-14(11)18-24-17-13/h2-4,12H,5-9H2,1H3,(H,22,23)/t12-,16-/m1/s1. The van der Waals surface area contributed by atoms with E-state index in [0.717, 1.165) is 5.56 Å². The van der Waals surface area contributed by atoms with Crippen LogP contribution in [-0.4, -0.2) is 63.3 Å². The molecule has 2 aliphatic rings. The lowest BCUT2D eigenvalue weighted by molar-refractivity contribution is -0.149. The van der Waals surface area contributed by atoms with Gasteiger partial charge in [-0.25, -0.2) is 4.63 Å². The highest BCUT2D eigenvalue weighted by Crippen LogP contribution is 2.43. The monoisotopic (exact) mass is 330 g/mol. The summed E-state index contributed by atoms with van der Waals surface area (Å²) >= 11 is 0. The number of carboxylic acids is 1. The molecule has 2 aromatic rings. The summed E-state index contributed by atoms with van der Waals surface area (Å²) in [6, 6.07) is 5.68. The molecular formula is C16H18N4O4. The van der Waals surface area contributed by atoms with E-state index < -0.39 is 11.4 Å². The van der Waals surface area contributed by atoms with E-state index in [2.05, 4.69) is 15.2 Å². The van der Waals surface area contributed by atoms with Gasteiger partial charge in [0.25, 0.3) is 0 Å². The fraction of sp³-hybridized carbons (Fsp3) is 0.500. The highest BCUT2D eigenvalue weighted by atomic mass is 16.6. The number of carboxylic acid groups (broad SMARTS) is 1. The van der Waals surface area contributed by atoms with Crippen molar-refractivity contribution in [3.63, 3.8) is 0 Å². The summed E-state index contributed by atoms with van der Waals surface area (Å²) in [7, 11) is 0. The SMILES string of the molecule is CC(=O)N1C[C@H]2CN(Cc3cccc4nonc34)C[C@@]2(C(=O)O)C1. The molecule has 2 saturated heterocycles. The van der Waals surface area contributed by atoms with Crippen LogP contribution in [0.2, 0.25) is 0 Å². The molecule has 0 aliphatic carbocycles. The first-order chi connectivity index (χ1) is 11.5. The van der Waals surface area contributed by atoms with E-state index in [1.54, 1.807) is 4.90 Å². The Labute approximate surface area is 138 Å². The summed E-state index contributed by atoms with van der Waals surface area (Å²) < 4.78 is 4.79. The van der Waals surface area contributed by atoms with Crippen molar-refractivity contribution < 1.29 is 19.3 Å². The maximum absolute atomic E-state index is 11.9. The zero-order chi connectivity index (χ0) is 16.9. The quantitative estimate of drug-likeness (QED) is 0.879. The second-order valence-corrected chi connectivity index (χ2v) is 6.78. The van der Waals surface area contributed by atoms with Gasteiger partial charge in [0.05, 0.1) is 0 Å². The molecule has 24 heavy (non-hydrogen) atoms. The van der Waals surface area contributed by atoms with Gasteiger partial charge in [-0.3, -0.25) is 14.5 Å². The average molecular weight is 330 g/mol. The number of rotatable bonds is 3. The van der Waals surface area contributed by atoms with Crippen LogP contribution in [0.5, 0.6) is 0 Å². The van der Waals surface area contributed by atoms with Gasteiger partial charge in [0.1, 0.15) is 16.4 Å². The summed E-state index contributed by atoms with van der Waals surface area (Å²) in [4.78, 5) is 27.3. The maximum atomic E-state index is 11.9. The average Bonchev–Trinajstić information content (AvgIpc) is 3.18. The highest BCUT2D eigenvalue weighted by Gasteiger charge is 2.58. The second kappa shape index (κ2) is 5.27. The van der Waals surface area contributed by atoms with E-state index >= 15 is 0 Å². The van der Waals surface area contributed by atoms with Crippen molar-refractivity contribution in [2.75, 3.05) is 26.2 Å². The fourth-order valence-corrected chi connectivity index (χ4v) is 4.06. The molecule has 0 unspecified atom stereocenters. The molecule has 0 saturated carbocycles. The molecule has 2 atom stereocenters. The summed E-state index contributed by atoms with van der Waals surface area (Å²) in [5.74, 6) is -0.927. The third kappa shape index (κ3) is 2.17. The minimum absolute atomic E-state index is 0.0477. The zero-order valence-corrected chi connectivity index (χ0v) is 13.3. The van der Waals surface area contributed by atoms with Crippen LogP contribution < -0.4 is 0 Å². The summed E-state index contributed by atoms with van der Waals surface area (Å²) in [5, 5.41) is 17.6. The first-order valence-electron chi connectivity index (χ1n) is 7.91. The van der Waals surface area contributed by atoms with Crippen LogP contribution in [0.1, 0.15) is 12.5 Å². The summed E-state index contributed by atoms with van der Waals surface area (Å²) in [6.45, 7) is 3.96. The van der Waals surface area contributed by atoms with Crippen LogP contribution in [-0.2, 0) is 16.1 Å². The van der Waals surface area contributed by atoms with Crippen molar-refractivity contribution in [2.24, 2.45) is 11.3 Å². The van der Waals surface area contributed by atoms with E-state index in [0.29, 0.717) is 37.2 Å². The van der Waals surface area contributed by atoms with Gasteiger partial charge in [0.2, 0.25) is 5.91 Å². The first-order valence-corrected chi connectivity index (χ1v) is 7.91. The van der Waals surface area contributed by atoms with Gasteiger partial charge < -0.3 is 10.0 Å². The summed E-state index contributed by atoms with van der Waals surface area (Å²) in [5.41, 5.74) is 1.51. The molecule has 4 rings (SSSR count). The Hall–Kier alpha value is -2.48. The van der Waals surface area contributed by atoms with Gasteiger partial charge >= 0.3 is 5.97 Å². The largest absolute Gasteiger partial charge is 0.481 e. The number of likely N-dealkylation sites (tertiary alicyclic amines) is 2. The molecule has 0 spiro atoms. The number of carbonyl (C=O) groups is 2. The van der Waals surface area contributed by atoms with Gasteiger partial charge in [-0.15, -0.1) is 0 Å². The van der Waals surface area contributed by atoms with Crippen LogP contribution in [0.4, 0.5) is 0 Å². The Morgan fingerprint density at radius 1 is 1.33 bits per heavy atom. The van der Waals surface area contributed by atoms with Crippen molar-refractivity contribution in [2.45, 2.75) is 13.5 Å². The van der Waals surface area contributed by atoms with E-state index in [4.69, 9.17) is 4.63 Å². The molecule has 8 nitrogen and oxygen atoms in total. The van der Waals surface area contributed by atoms with Crippen molar-refractivity contribution in [3.8, 4) is 0 Å². The minimum Gasteiger partial charge on any atom is -0.481 e. The summed E-state index contributed by atoms with van der Waals surface area (Å²) in [6.07, 6.45) is 0. The van der Waals surface area contributed by atoms with E-state index in [-0.39, 0.29) is 18.4 Å². The molecular weight excluding hydrogens is 312 g/mol.